The van der Waals surface area contributed by atoms with E-state index in [-0.39, 0.29) is 11.9 Å². The van der Waals surface area contributed by atoms with Crippen LogP contribution in [0.4, 0.5) is 0 Å². The van der Waals surface area contributed by atoms with E-state index in [4.69, 9.17) is 4.98 Å². The van der Waals surface area contributed by atoms with E-state index in [0.717, 1.165) is 49.2 Å². The summed E-state index contributed by atoms with van der Waals surface area (Å²) in [5.41, 5.74) is 12.7. The van der Waals surface area contributed by atoms with E-state index in [2.05, 4.69) is 34.9 Å². The summed E-state index contributed by atoms with van der Waals surface area (Å²) in [5, 5.41) is 9.90. The standard InChI is InChI=1S/C30H35N5O2/c1-2-19-16-23(36)9-11-24(19)22-8-10-25-26(17-22)33-34-28(25)29-31-18-27(32-29)20-12-14-35(15-13-20)30(37)21-6-4-3-5-7-21/h3-7,9,11-12,16,18,22,25-26,28,33-34,36H,2,8,10,13-15,17H2,1H3,(H,31,32). The molecule has 0 radical (unpaired) electrons. The molecule has 7 heteroatoms. The minimum absolute atomic E-state index is 0.0856. The first kappa shape index (κ1) is 23.9. The number of fused-ring (bicyclic) bond motifs is 1. The number of amides is 1. The first-order valence-electron chi connectivity index (χ1n) is 13.5. The zero-order valence-electron chi connectivity index (χ0n) is 21.3. The number of hydrogen-bond acceptors (Lipinski definition) is 5. The highest BCUT2D eigenvalue weighted by Crippen LogP contribution is 2.44. The van der Waals surface area contributed by atoms with Crippen LogP contribution >= 0.6 is 0 Å². The number of H-pyrrole nitrogens is 1. The summed E-state index contributed by atoms with van der Waals surface area (Å²) in [5.74, 6) is 2.41. The van der Waals surface area contributed by atoms with E-state index in [1.807, 2.05) is 53.6 Å². The fourth-order valence-corrected chi connectivity index (χ4v) is 6.43. The molecule has 1 saturated heterocycles. The van der Waals surface area contributed by atoms with Gasteiger partial charge < -0.3 is 15.0 Å². The normalized spacial score (nSPS) is 25.5. The molecule has 4 unspecified atom stereocenters. The van der Waals surface area contributed by atoms with Crippen molar-refractivity contribution in [2.24, 2.45) is 5.92 Å². The van der Waals surface area contributed by atoms with Crippen molar-refractivity contribution < 1.29 is 9.90 Å². The van der Waals surface area contributed by atoms with E-state index in [1.165, 1.54) is 16.7 Å². The summed E-state index contributed by atoms with van der Waals surface area (Å²) in [7, 11) is 0. The topological polar surface area (TPSA) is 93.3 Å². The Morgan fingerprint density at radius 2 is 2.00 bits per heavy atom. The molecule has 0 bridgehead atoms. The number of phenolic OH excluding ortho intramolecular Hbond substituents is 1. The van der Waals surface area contributed by atoms with Gasteiger partial charge in [0.15, 0.2) is 0 Å². The summed E-state index contributed by atoms with van der Waals surface area (Å²) in [4.78, 5) is 23.0. The third-order valence-electron chi connectivity index (χ3n) is 8.46. The first-order chi connectivity index (χ1) is 18.1. The molecule has 0 spiro atoms. The predicted molar refractivity (Wildman–Crippen MR) is 144 cm³/mol. The monoisotopic (exact) mass is 497 g/mol. The SMILES string of the molecule is CCc1cc(O)ccc1C1CCC2C(C1)NNC2c1ncc(C2=CCN(C(=O)c3ccccc3)CC2)[nH]1. The molecular formula is C30H35N5O2. The van der Waals surface area contributed by atoms with Gasteiger partial charge in [0.05, 0.1) is 17.9 Å². The largest absolute Gasteiger partial charge is 0.508 e. The minimum Gasteiger partial charge on any atom is -0.508 e. The molecule has 2 fully saturated rings. The maximum atomic E-state index is 12.8. The van der Waals surface area contributed by atoms with E-state index < -0.39 is 0 Å². The zero-order valence-corrected chi connectivity index (χ0v) is 21.3. The van der Waals surface area contributed by atoms with Crippen molar-refractivity contribution in [3.63, 3.8) is 0 Å². The fourth-order valence-electron chi connectivity index (χ4n) is 6.43. The molecule has 3 aliphatic rings. The number of aromatic amines is 1. The maximum absolute atomic E-state index is 12.8. The Bertz CT molecular complexity index is 1300. The lowest BCUT2D eigenvalue weighted by molar-refractivity contribution is 0.0773. The number of benzene rings is 2. The highest BCUT2D eigenvalue weighted by Gasteiger charge is 2.42. The van der Waals surface area contributed by atoms with Crippen molar-refractivity contribution in [1.29, 1.82) is 0 Å². The molecule has 2 aromatic carbocycles. The number of imidazole rings is 1. The Balaban J connectivity index is 1.10. The highest BCUT2D eigenvalue weighted by molar-refractivity contribution is 5.94. The smallest absolute Gasteiger partial charge is 0.254 e. The van der Waals surface area contributed by atoms with Gasteiger partial charge in [-0.05, 0) is 84.9 Å². The first-order valence-corrected chi connectivity index (χ1v) is 13.5. The van der Waals surface area contributed by atoms with Crippen molar-refractivity contribution in [3.8, 4) is 5.75 Å². The van der Waals surface area contributed by atoms with Gasteiger partial charge in [0.25, 0.3) is 5.91 Å². The molecular weight excluding hydrogens is 462 g/mol. The molecule has 3 heterocycles. The van der Waals surface area contributed by atoms with E-state index in [9.17, 15) is 9.90 Å². The third-order valence-corrected chi connectivity index (χ3v) is 8.46. The molecule has 6 rings (SSSR count). The number of nitrogens with zero attached hydrogens (tertiary/aromatic N) is 2. The molecule has 37 heavy (non-hydrogen) atoms. The van der Waals surface area contributed by atoms with Crippen LogP contribution in [0.25, 0.3) is 5.57 Å². The van der Waals surface area contributed by atoms with Crippen molar-refractivity contribution in [2.75, 3.05) is 13.1 Å². The van der Waals surface area contributed by atoms with Gasteiger partial charge in [-0.15, -0.1) is 0 Å². The lowest BCUT2D eigenvalue weighted by atomic mass is 9.73. The molecule has 1 saturated carbocycles. The maximum Gasteiger partial charge on any atom is 0.254 e. The molecule has 1 aromatic heterocycles. The fraction of sp³-hybridized carbons (Fsp3) is 0.400. The Morgan fingerprint density at radius 1 is 1.14 bits per heavy atom. The van der Waals surface area contributed by atoms with Crippen molar-refractivity contribution in [2.45, 2.75) is 57.0 Å². The van der Waals surface area contributed by atoms with Gasteiger partial charge >= 0.3 is 0 Å². The van der Waals surface area contributed by atoms with E-state index in [0.29, 0.717) is 36.7 Å². The number of aryl methyl sites for hydroxylation is 1. The number of aromatic hydroxyl groups is 1. The summed E-state index contributed by atoms with van der Waals surface area (Å²) in [6.07, 6.45) is 9.19. The van der Waals surface area contributed by atoms with Crippen LogP contribution in [0.2, 0.25) is 0 Å². The van der Waals surface area contributed by atoms with Gasteiger partial charge in [-0.3, -0.25) is 10.2 Å². The number of aromatic nitrogens is 2. The van der Waals surface area contributed by atoms with Gasteiger partial charge in [-0.2, -0.15) is 0 Å². The number of carbonyl (C=O) groups is 1. The molecule has 3 aromatic rings. The molecule has 1 aliphatic carbocycles. The number of phenols is 1. The lowest BCUT2D eigenvalue weighted by Crippen LogP contribution is -2.35. The van der Waals surface area contributed by atoms with Crippen LogP contribution in [-0.2, 0) is 6.42 Å². The number of nitrogens with one attached hydrogen (secondary N) is 3. The number of hydrogen-bond donors (Lipinski definition) is 4. The summed E-state index contributed by atoms with van der Waals surface area (Å²) in [6.45, 7) is 3.48. The lowest BCUT2D eigenvalue weighted by Gasteiger charge is -2.33. The second kappa shape index (κ2) is 10.1. The van der Waals surface area contributed by atoms with Crippen LogP contribution in [0.1, 0.15) is 77.6 Å². The van der Waals surface area contributed by atoms with E-state index in [1.54, 1.807) is 0 Å². The van der Waals surface area contributed by atoms with Gasteiger partial charge in [0.2, 0.25) is 0 Å². The van der Waals surface area contributed by atoms with Gasteiger partial charge in [-0.1, -0.05) is 37.3 Å². The summed E-state index contributed by atoms with van der Waals surface area (Å²) in [6, 6.07) is 15.9. The van der Waals surface area contributed by atoms with Crippen LogP contribution < -0.4 is 10.9 Å². The minimum atomic E-state index is 0.0856. The average Bonchev–Trinajstić information content (AvgIpc) is 3.60. The molecule has 2 aliphatic heterocycles. The Hall–Kier alpha value is -3.42. The number of rotatable bonds is 5. The quantitative estimate of drug-likeness (QED) is 0.410. The van der Waals surface area contributed by atoms with Crippen LogP contribution in [0, 0.1) is 5.92 Å². The zero-order chi connectivity index (χ0) is 25.4. The average molecular weight is 498 g/mol. The van der Waals surface area contributed by atoms with E-state index >= 15 is 0 Å². The van der Waals surface area contributed by atoms with Crippen molar-refractivity contribution in [3.05, 3.63) is 89.0 Å². The highest BCUT2D eigenvalue weighted by atomic mass is 16.3. The molecule has 192 valence electrons. The van der Waals surface area contributed by atoms with Gasteiger partial charge in [-0.25, -0.2) is 10.4 Å². The summed E-state index contributed by atoms with van der Waals surface area (Å²) >= 11 is 0. The number of hydrazine groups is 1. The van der Waals surface area contributed by atoms with Crippen LogP contribution in [0.15, 0.2) is 60.8 Å². The van der Waals surface area contributed by atoms with Crippen molar-refractivity contribution in [1.82, 2.24) is 25.7 Å². The summed E-state index contributed by atoms with van der Waals surface area (Å²) < 4.78 is 0. The van der Waals surface area contributed by atoms with Gasteiger partial charge in [0, 0.05) is 24.7 Å². The second-order valence-corrected chi connectivity index (χ2v) is 10.6. The van der Waals surface area contributed by atoms with Crippen LogP contribution in [-0.4, -0.2) is 45.0 Å². The predicted octanol–water partition coefficient (Wildman–Crippen LogP) is 4.71. The number of carbonyl (C=O) groups excluding carboxylic acids is 1. The molecule has 7 nitrogen and oxygen atoms in total. The molecule has 1 amide bonds. The molecule has 4 atom stereocenters. The van der Waals surface area contributed by atoms with Gasteiger partial charge in [0.1, 0.15) is 11.6 Å². The molecule has 4 N–H and O–H groups in total. The second-order valence-electron chi connectivity index (χ2n) is 10.6. The third kappa shape index (κ3) is 4.69. The Kier molecular flexibility index (Phi) is 6.57. The van der Waals surface area contributed by atoms with Crippen LogP contribution in [0.5, 0.6) is 5.75 Å². The Morgan fingerprint density at radius 3 is 2.78 bits per heavy atom. The van der Waals surface area contributed by atoms with Crippen LogP contribution in [0.3, 0.4) is 0 Å². The van der Waals surface area contributed by atoms with Crippen molar-refractivity contribution >= 4 is 11.5 Å². The Labute approximate surface area is 218 Å².